The molecule has 2 saturated heterocycles. The summed E-state index contributed by atoms with van der Waals surface area (Å²) in [6, 6.07) is 12.3. The molecule has 2 aliphatic heterocycles. The number of ketones is 2. The molecule has 0 aliphatic carbocycles. The van der Waals surface area contributed by atoms with E-state index in [1.54, 1.807) is 25.3 Å². The summed E-state index contributed by atoms with van der Waals surface area (Å²) in [4.78, 5) is 31.9. The first kappa shape index (κ1) is 22.3. The minimum Gasteiger partial charge on any atom is -0.332 e. The van der Waals surface area contributed by atoms with Crippen LogP contribution in [-0.2, 0) is 6.54 Å². The quantitative estimate of drug-likeness (QED) is 0.396. The Morgan fingerprint density at radius 2 is 1.79 bits per heavy atom. The monoisotopic (exact) mass is 463 g/mol. The van der Waals surface area contributed by atoms with Crippen LogP contribution in [0, 0.1) is 5.92 Å². The van der Waals surface area contributed by atoms with Gasteiger partial charge in [-0.1, -0.05) is 11.6 Å². The molecule has 2 atom stereocenters. The zero-order chi connectivity index (χ0) is 22.9. The topological polar surface area (TPSA) is 55.2 Å². The second kappa shape index (κ2) is 9.40. The number of hydrogen-bond donors (Lipinski definition) is 0. The van der Waals surface area contributed by atoms with E-state index in [1.807, 2.05) is 30.5 Å². The highest BCUT2D eigenvalue weighted by molar-refractivity contribution is 6.30. The lowest BCUT2D eigenvalue weighted by atomic mass is 9.85. The Labute approximate surface area is 199 Å². The van der Waals surface area contributed by atoms with Gasteiger partial charge in [-0.2, -0.15) is 0 Å². The van der Waals surface area contributed by atoms with Gasteiger partial charge in [-0.3, -0.25) is 14.5 Å². The summed E-state index contributed by atoms with van der Waals surface area (Å²) in [6.07, 6.45) is 10.1. The van der Waals surface area contributed by atoms with Crippen LogP contribution in [0.1, 0.15) is 66.2 Å². The number of carbonyl (C=O) groups is 2. The van der Waals surface area contributed by atoms with E-state index in [-0.39, 0.29) is 11.6 Å². The zero-order valence-electron chi connectivity index (χ0n) is 19.0. The van der Waals surface area contributed by atoms with Gasteiger partial charge >= 0.3 is 0 Å². The predicted molar refractivity (Wildman–Crippen MR) is 131 cm³/mol. The van der Waals surface area contributed by atoms with E-state index in [2.05, 4.69) is 14.5 Å². The van der Waals surface area contributed by atoms with Crippen molar-refractivity contribution in [2.24, 2.45) is 5.92 Å². The smallest absolute Gasteiger partial charge is 0.163 e. The average molecular weight is 464 g/mol. The molecular weight excluding hydrogens is 434 g/mol. The fraction of sp³-hybridized carbons (Fsp3) is 0.444. The summed E-state index contributed by atoms with van der Waals surface area (Å²) >= 11 is 5.96. The van der Waals surface area contributed by atoms with Gasteiger partial charge in [-0.05, 0) is 81.3 Å². The van der Waals surface area contributed by atoms with E-state index in [0.29, 0.717) is 29.4 Å². The highest BCUT2D eigenvalue weighted by atomic mass is 35.5. The molecule has 3 aromatic rings. The second-order valence-corrected chi connectivity index (χ2v) is 10.1. The van der Waals surface area contributed by atoms with Crippen molar-refractivity contribution in [1.29, 1.82) is 0 Å². The zero-order valence-corrected chi connectivity index (χ0v) is 19.8. The molecule has 2 aliphatic rings. The third-order valence-electron chi connectivity index (χ3n) is 7.45. The van der Waals surface area contributed by atoms with E-state index in [4.69, 9.17) is 11.6 Å². The Kier molecular flexibility index (Phi) is 6.35. The number of piperidine rings is 1. The van der Waals surface area contributed by atoms with Crippen molar-refractivity contribution < 1.29 is 9.59 Å². The van der Waals surface area contributed by atoms with E-state index >= 15 is 0 Å². The molecular formula is C27H30ClN3O2. The maximum Gasteiger partial charge on any atom is 0.163 e. The fourth-order valence-corrected chi connectivity index (χ4v) is 6.06. The van der Waals surface area contributed by atoms with Crippen molar-refractivity contribution in [2.45, 2.75) is 64.1 Å². The first-order valence-corrected chi connectivity index (χ1v) is 12.4. The number of aromatic nitrogens is 2. The highest BCUT2D eigenvalue weighted by Gasteiger charge is 2.40. The number of benzene rings is 1. The summed E-state index contributed by atoms with van der Waals surface area (Å²) in [6.45, 7) is 3.52. The Morgan fingerprint density at radius 3 is 2.48 bits per heavy atom. The number of aryl methyl sites for hydroxylation is 1. The third kappa shape index (κ3) is 4.62. The molecule has 1 aromatic carbocycles. The van der Waals surface area contributed by atoms with Gasteiger partial charge in [0.05, 0.1) is 0 Å². The Hall–Kier alpha value is -2.50. The molecule has 2 fully saturated rings. The number of hydrogen-bond acceptors (Lipinski definition) is 4. The Morgan fingerprint density at radius 1 is 1.06 bits per heavy atom. The predicted octanol–water partition coefficient (Wildman–Crippen LogP) is 5.80. The van der Waals surface area contributed by atoms with Crippen molar-refractivity contribution in [3.63, 3.8) is 0 Å². The number of fused-ring (bicyclic) bond motifs is 3. The van der Waals surface area contributed by atoms with Crippen LogP contribution < -0.4 is 0 Å². The van der Waals surface area contributed by atoms with Crippen LogP contribution in [0.25, 0.3) is 11.0 Å². The minimum atomic E-state index is 0.0833. The van der Waals surface area contributed by atoms with Crippen molar-refractivity contribution in [3.05, 3.63) is 64.9 Å². The lowest BCUT2D eigenvalue weighted by Gasteiger charge is -2.39. The largest absolute Gasteiger partial charge is 0.332 e. The summed E-state index contributed by atoms with van der Waals surface area (Å²) in [5, 5.41) is 1.61. The molecule has 5 nitrogen and oxygen atoms in total. The summed E-state index contributed by atoms with van der Waals surface area (Å²) in [5.74, 6) is 0.787. The van der Waals surface area contributed by atoms with Gasteiger partial charge in [0.25, 0.3) is 0 Å². The molecule has 2 bridgehead atoms. The first-order chi connectivity index (χ1) is 16.0. The van der Waals surface area contributed by atoms with Gasteiger partial charge in [0.2, 0.25) is 0 Å². The van der Waals surface area contributed by atoms with Crippen LogP contribution >= 0.6 is 11.6 Å². The first-order valence-electron chi connectivity index (χ1n) is 12.0. The van der Waals surface area contributed by atoms with E-state index in [9.17, 15) is 9.59 Å². The van der Waals surface area contributed by atoms with Crippen LogP contribution in [0.4, 0.5) is 0 Å². The van der Waals surface area contributed by atoms with Gasteiger partial charge < -0.3 is 4.57 Å². The van der Waals surface area contributed by atoms with Gasteiger partial charge in [-0.15, -0.1) is 0 Å². The molecule has 2 unspecified atom stereocenters. The maximum atomic E-state index is 12.7. The summed E-state index contributed by atoms with van der Waals surface area (Å²) in [5.41, 5.74) is 2.42. The van der Waals surface area contributed by atoms with E-state index < -0.39 is 0 Å². The summed E-state index contributed by atoms with van der Waals surface area (Å²) < 4.78 is 2.13. The van der Waals surface area contributed by atoms with Gasteiger partial charge in [0, 0.05) is 65.5 Å². The normalized spacial score (nSPS) is 22.7. The Balaban J connectivity index is 1.18. The molecule has 0 spiro atoms. The lowest BCUT2D eigenvalue weighted by Crippen LogP contribution is -2.43. The van der Waals surface area contributed by atoms with Crippen LogP contribution in [0.5, 0.6) is 0 Å². The number of Topliss-reactive ketones (excluding diaryl/α,β-unsaturated/α-hetero) is 2. The summed E-state index contributed by atoms with van der Waals surface area (Å²) in [7, 11) is 0. The molecule has 33 heavy (non-hydrogen) atoms. The highest BCUT2D eigenvalue weighted by Crippen LogP contribution is 2.40. The van der Waals surface area contributed by atoms with Crippen LogP contribution in [0.3, 0.4) is 0 Å². The van der Waals surface area contributed by atoms with Crippen molar-refractivity contribution >= 4 is 34.2 Å². The van der Waals surface area contributed by atoms with Crippen molar-refractivity contribution in [1.82, 2.24) is 14.5 Å². The standard InChI is InChI=1S/C27H30ClN3O2/c1-18(32)25-17-30(27-24(25)4-2-11-29-27)12-3-13-31-22-9-10-23(31)15-19(14-22)16-26(33)20-5-7-21(28)8-6-20/h2,4-8,11,17,19,22-23H,3,9-10,12-16H2,1H3. The van der Waals surface area contributed by atoms with Crippen molar-refractivity contribution in [2.75, 3.05) is 6.54 Å². The number of rotatable bonds is 8. The average Bonchev–Trinajstić information content (AvgIpc) is 3.28. The van der Waals surface area contributed by atoms with Crippen molar-refractivity contribution in [3.8, 4) is 0 Å². The number of pyridine rings is 1. The molecule has 172 valence electrons. The Bertz CT molecular complexity index is 1160. The molecule has 0 N–H and O–H groups in total. The van der Waals surface area contributed by atoms with E-state index in [1.165, 1.54) is 12.8 Å². The number of nitrogens with zero attached hydrogens (tertiary/aromatic N) is 3. The van der Waals surface area contributed by atoms with Gasteiger partial charge in [0.1, 0.15) is 5.65 Å². The molecule has 2 aromatic heterocycles. The fourth-order valence-electron chi connectivity index (χ4n) is 5.93. The molecule has 0 radical (unpaired) electrons. The molecule has 4 heterocycles. The molecule has 6 heteroatoms. The van der Waals surface area contributed by atoms with Crippen LogP contribution in [0.15, 0.2) is 48.8 Å². The van der Waals surface area contributed by atoms with Crippen LogP contribution in [0.2, 0.25) is 5.02 Å². The SMILES string of the molecule is CC(=O)c1cn(CCCN2C3CCC2CC(CC(=O)c2ccc(Cl)cc2)C3)c2ncccc12. The second-order valence-electron chi connectivity index (χ2n) is 9.61. The number of halogens is 1. The lowest BCUT2D eigenvalue weighted by molar-refractivity contribution is 0.0807. The molecule has 5 rings (SSSR count). The number of carbonyl (C=O) groups excluding carboxylic acids is 2. The molecule has 0 saturated carbocycles. The minimum absolute atomic E-state index is 0.0833. The molecule has 0 amide bonds. The van der Waals surface area contributed by atoms with Gasteiger partial charge in [-0.25, -0.2) is 4.98 Å². The maximum absolute atomic E-state index is 12.7. The van der Waals surface area contributed by atoms with Gasteiger partial charge in [0.15, 0.2) is 11.6 Å². The van der Waals surface area contributed by atoms with Crippen LogP contribution in [-0.4, -0.2) is 44.6 Å². The van der Waals surface area contributed by atoms with E-state index in [0.717, 1.165) is 54.5 Å². The third-order valence-corrected chi connectivity index (χ3v) is 7.70.